The second-order valence-electron chi connectivity index (χ2n) is 14.6. The van der Waals surface area contributed by atoms with Crippen molar-refractivity contribution in [3.8, 4) is 5.75 Å². The van der Waals surface area contributed by atoms with Gasteiger partial charge >= 0.3 is 0 Å². The van der Waals surface area contributed by atoms with Crippen molar-refractivity contribution < 1.29 is 18.8 Å². The Kier molecular flexibility index (Phi) is 8.59. The zero-order valence-corrected chi connectivity index (χ0v) is 29.9. The molecule has 0 saturated heterocycles. The third-order valence-corrected chi connectivity index (χ3v) is 13.2. The number of benzene rings is 2. The lowest BCUT2D eigenvalue weighted by atomic mass is 9.68. The Morgan fingerprint density at radius 3 is 2.88 bits per heavy atom. The van der Waals surface area contributed by atoms with Gasteiger partial charge in [-0.1, -0.05) is 36.7 Å². The minimum Gasteiger partial charge on any atom is -0.490 e. The molecule has 2 aliphatic carbocycles. The van der Waals surface area contributed by atoms with Crippen LogP contribution in [0, 0.1) is 17.8 Å². The molecular formula is C37H42ClN7O4S. The van der Waals surface area contributed by atoms with Gasteiger partial charge in [-0.15, -0.1) is 4.36 Å². The van der Waals surface area contributed by atoms with Gasteiger partial charge < -0.3 is 14.7 Å². The van der Waals surface area contributed by atoms with Gasteiger partial charge in [-0.3, -0.25) is 14.2 Å². The maximum atomic E-state index is 14.7. The number of aliphatic hydroxyl groups excluding tert-OH is 1. The van der Waals surface area contributed by atoms with Crippen LogP contribution >= 0.6 is 11.6 Å². The quantitative estimate of drug-likeness (QED) is 0.238. The summed E-state index contributed by atoms with van der Waals surface area (Å²) in [4.78, 5) is 25.0. The lowest BCUT2D eigenvalue weighted by Crippen LogP contribution is -2.49. The Hall–Kier alpha value is -4.00. The fraction of sp³-hybridized carbons (Fsp3) is 0.459. The standard InChI is InChI=1S/C37H42ClN7O4S/c1-23-5-3-7-32(46)28-11-8-26(28)17-45-20-37(14-4-6-24-15-27(38)10-12-30(24)37)21-49-33-13-9-25(16-31(33)45)36(47)43-50(48,19-23)42-35-29-18-44(2)41-34(29)39-22-40-35/h3,7,9-10,12-13,15-16,18,22-23,26,28,32,46H,4-6,8,11,14,17,19-21H2,1-2H3,(H,39,40,41,42,43,47,48)/b7-3+/t23-,26-,28+,32-,37-,50+/m0/s1. The summed E-state index contributed by atoms with van der Waals surface area (Å²) in [7, 11) is -1.60. The summed E-state index contributed by atoms with van der Waals surface area (Å²) in [5.74, 6) is 0.792. The van der Waals surface area contributed by atoms with E-state index in [1.165, 1.54) is 17.5 Å². The number of carbonyl (C=O) groups is 1. The van der Waals surface area contributed by atoms with E-state index < -0.39 is 21.9 Å². The van der Waals surface area contributed by atoms with Crippen LogP contribution in [-0.4, -0.2) is 66.5 Å². The van der Waals surface area contributed by atoms with E-state index in [0.717, 1.165) is 49.4 Å². The van der Waals surface area contributed by atoms with Gasteiger partial charge in [-0.05, 0) is 97.7 Å². The molecule has 6 atom stereocenters. The van der Waals surface area contributed by atoms with Gasteiger partial charge in [0.1, 0.15) is 22.0 Å². The summed E-state index contributed by atoms with van der Waals surface area (Å²) in [5.41, 5.74) is 3.84. The summed E-state index contributed by atoms with van der Waals surface area (Å²) < 4.78 is 30.4. The summed E-state index contributed by atoms with van der Waals surface area (Å²) >= 11 is 6.45. The number of aryl methyl sites for hydroxylation is 2. The summed E-state index contributed by atoms with van der Waals surface area (Å²) in [6.45, 7) is 3.88. The third-order valence-electron chi connectivity index (χ3n) is 11.0. The van der Waals surface area contributed by atoms with Crippen LogP contribution < -0.4 is 14.4 Å². The van der Waals surface area contributed by atoms with E-state index in [-0.39, 0.29) is 28.9 Å². The lowest BCUT2D eigenvalue weighted by Gasteiger charge is -2.45. The van der Waals surface area contributed by atoms with Crippen LogP contribution in [-0.2, 0) is 28.8 Å². The second kappa shape index (κ2) is 13.0. The van der Waals surface area contributed by atoms with Crippen LogP contribution in [0.15, 0.2) is 65.4 Å². The fourth-order valence-corrected chi connectivity index (χ4v) is 10.5. The number of rotatable bonds is 2. The zero-order chi connectivity index (χ0) is 34.6. The Bertz CT molecular complexity index is 2130. The first-order valence-electron chi connectivity index (χ1n) is 17.4. The summed E-state index contributed by atoms with van der Waals surface area (Å²) in [5, 5.41) is 17.0. The average Bonchev–Trinajstić information content (AvgIpc) is 3.38. The number of carbonyl (C=O) groups excluding carboxylic acids is 1. The normalized spacial score (nSPS) is 30.3. The molecule has 4 aliphatic rings. The highest BCUT2D eigenvalue weighted by molar-refractivity contribution is 7.95. The van der Waals surface area contributed by atoms with Gasteiger partial charge in [0.15, 0.2) is 11.5 Å². The van der Waals surface area contributed by atoms with E-state index in [2.05, 4.69) is 41.2 Å². The largest absolute Gasteiger partial charge is 0.490 e. The molecule has 13 heteroatoms. The van der Waals surface area contributed by atoms with Crippen LogP contribution in [0.5, 0.6) is 5.75 Å². The fourth-order valence-electron chi connectivity index (χ4n) is 8.32. The van der Waals surface area contributed by atoms with Crippen molar-refractivity contribution in [2.24, 2.45) is 29.2 Å². The Morgan fingerprint density at radius 1 is 1.16 bits per heavy atom. The number of hydrogen-bond donors (Lipinski definition) is 2. The molecule has 0 radical (unpaired) electrons. The highest BCUT2D eigenvalue weighted by Crippen LogP contribution is 2.47. The number of nitrogens with one attached hydrogen (secondary N) is 1. The van der Waals surface area contributed by atoms with Crippen LogP contribution in [0.2, 0.25) is 5.02 Å². The molecule has 2 aromatic heterocycles. The third kappa shape index (κ3) is 6.26. The number of amides is 1. The molecule has 1 saturated carbocycles. The van der Waals surface area contributed by atoms with E-state index in [1.807, 2.05) is 37.3 Å². The monoisotopic (exact) mass is 715 g/mol. The summed E-state index contributed by atoms with van der Waals surface area (Å²) in [6, 6.07) is 11.6. The molecule has 262 valence electrons. The molecule has 1 spiro atoms. The molecule has 4 aromatic rings. The number of nitrogens with zero attached hydrogens (tertiary/aromatic N) is 6. The van der Waals surface area contributed by atoms with E-state index in [9.17, 15) is 14.1 Å². The van der Waals surface area contributed by atoms with Gasteiger partial charge in [-0.2, -0.15) is 5.10 Å². The van der Waals surface area contributed by atoms with Crippen molar-refractivity contribution in [3.63, 3.8) is 0 Å². The molecular weight excluding hydrogens is 674 g/mol. The molecule has 8 rings (SSSR count). The molecule has 2 bridgehead atoms. The molecule has 2 aromatic carbocycles. The molecule has 4 heterocycles. The molecule has 50 heavy (non-hydrogen) atoms. The SMILES string of the molecule is C[C@H]1C/C=C/[C@H](O)[C@@H]2CC[C@H]2CN2C[C@@]3(CCCc4cc(Cl)ccc43)COc3ccc(cc32)C(=O)N=[S@](=O)(Nc2ncnc3nn(C)cc23)C1. The molecule has 0 unspecified atom stereocenters. The van der Waals surface area contributed by atoms with E-state index in [0.29, 0.717) is 47.7 Å². The average molecular weight is 716 g/mol. The molecule has 1 amide bonds. The molecule has 2 N–H and O–H groups in total. The summed E-state index contributed by atoms with van der Waals surface area (Å²) in [6.07, 6.45) is 11.9. The van der Waals surface area contributed by atoms with Crippen molar-refractivity contribution in [2.45, 2.75) is 57.0 Å². The van der Waals surface area contributed by atoms with Crippen molar-refractivity contribution in [2.75, 3.05) is 35.1 Å². The first-order valence-corrected chi connectivity index (χ1v) is 19.5. The zero-order valence-electron chi connectivity index (χ0n) is 28.3. The number of halogens is 1. The first kappa shape index (κ1) is 33.2. The Labute approximate surface area is 297 Å². The number of ether oxygens (including phenoxy) is 1. The smallest absolute Gasteiger partial charge is 0.286 e. The molecule has 1 fully saturated rings. The van der Waals surface area contributed by atoms with Gasteiger partial charge in [0, 0.05) is 42.3 Å². The molecule has 2 aliphatic heterocycles. The number of aromatic nitrogens is 4. The van der Waals surface area contributed by atoms with E-state index in [4.69, 9.17) is 16.3 Å². The minimum atomic E-state index is -3.38. The minimum absolute atomic E-state index is 0.0864. The van der Waals surface area contributed by atoms with Crippen LogP contribution in [0.4, 0.5) is 11.5 Å². The van der Waals surface area contributed by atoms with Gasteiger partial charge in [0.2, 0.25) is 0 Å². The Balaban J connectivity index is 1.22. The van der Waals surface area contributed by atoms with Crippen molar-refractivity contribution >= 4 is 50.0 Å². The predicted octanol–water partition coefficient (Wildman–Crippen LogP) is 6.11. The van der Waals surface area contributed by atoms with Crippen LogP contribution in [0.1, 0.15) is 60.5 Å². The second-order valence-corrected chi connectivity index (χ2v) is 17.1. The predicted molar refractivity (Wildman–Crippen MR) is 195 cm³/mol. The lowest BCUT2D eigenvalue weighted by molar-refractivity contribution is 0.0456. The number of fused-ring (bicyclic) bond motifs is 5. The maximum absolute atomic E-state index is 14.7. The maximum Gasteiger partial charge on any atom is 0.286 e. The van der Waals surface area contributed by atoms with E-state index >= 15 is 0 Å². The van der Waals surface area contributed by atoms with E-state index in [1.54, 1.807) is 24.0 Å². The highest BCUT2D eigenvalue weighted by atomic mass is 35.5. The topological polar surface area (TPSA) is 135 Å². The molecule has 11 nitrogen and oxygen atoms in total. The van der Waals surface area contributed by atoms with Gasteiger partial charge in [-0.25, -0.2) is 14.2 Å². The number of hydrogen-bond acceptors (Lipinski definition) is 8. The van der Waals surface area contributed by atoms with Crippen molar-refractivity contribution in [1.82, 2.24) is 19.7 Å². The van der Waals surface area contributed by atoms with Gasteiger partial charge in [0.05, 0.1) is 29.5 Å². The Morgan fingerprint density at radius 2 is 2.04 bits per heavy atom. The van der Waals surface area contributed by atoms with Crippen LogP contribution in [0.25, 0.3) is 11.0 Å². The first-order chi connectivity index (χ1) is 24.1. The van der Waals surface area contributed by atoms with Crippen LogP contribution in [0.3, 0.4) is 0 Å². The highest BCUT2D eigenvalue weighted by Gasteiger charge is 2.44. The number of anilines is 2. The van der Waals surface area contributed by atoms with Crippen molar-refractivity contribution in [1.29, 1.82) is 0 Å². The van der Waals surface area contributed by atoms with Gasteiger partial charge in [0.25, 0.3) is 5.91 Å². The number of aliphatic hydroxyl groups is 1. The number of allylic oxidation sites excluding steroid dienone is 1. The van der Waals surface area contributed by atoms with Crippen molar-refractivity contribution in [3.05, 3.63) is 82.8 Å².